The number of carbonyl (C=O) groups is 4. The van der Waals surface area contributed by atoms with Crippen molar-refractivity contribution in [3.05, 3.63) is 34.9 Å². The Kier molecular flexibility index (Phi) is 8.36. The van der Waals surface area contributed by atoms with E-state index in [-0.39, 0.29) is 24.5 Å². The van der Waals surface area contributed by atoms with E-state index in [2.05, 4.69) is 5.32 Å². The van der Waals surface area contributed by atoms with Crippen LogP contribution in [0.25, 0.3) is 0 Å². The Hall–Kier alpha value is -2.70. The van der Waals surface area contributed by atoms with Crippen LogP contribution in [0.4, 0.5) is 0 Å². The van der Waals surface area contributed by atoms with E-state index in [9.17, 15) is 19.2 Å². The van der Waals surface area contributed by atoms with Crippen molar-refractivity contribution in [3.8, 4) is 0 Å². The number of Topliss-reactive ketones (excluding diaryl/α,β-unsaturated/α-hetero) is 1. The first kappa shape index (κ1) is 22.6. The van der Waals surface area contributed by atoms with Gasteiger partial charge < -0.3 is 14.8 Å². The van der Waals surface area contributed by atoms with Gasteiger partial charge in [-0.2, -0.15) is 0 Å². The van der Waals surface area contributed by atoms with Gasteiger partial charge in [-0.1, -0.05) is 32.4 Å². The smallest absolute Gasteiger partial charge is 0.328 e. The third-order valence-corrected chi connectivity index (χ3v) is 5.33. The highest BCUT2D eigenvalue weighted by Crippen LogP contribution is 2.23. The molecule has 1 amide bonds. The first-order valence-electron chi connectivity index (χ1n) is 10.0. The fraction of sp³-hybridized carbons (Fsp3) is 0.545. The van der Waals surface area contributed by atoms with Gasteiger partial charge in [-0.15, -0.1) is 0 Å². The molecule has 1 aromatic carbocycles. The molecule has 0 saturated heterocycles. The number of fused-ring (bicyclic) bond motifs is 1. The maximum Gasteiger partial charge on any atom is 0.328 e. The molecular weight excluding hydrogens is 374 g/mol. The van der Waals surface area contributed by atoms with Crippen molar-refractivity contribution in [1.29, 1.82) is 0 Å². The minimum absolute atomic E-state index is 0.0247. The molecule has 0 unspecified atom stereocenters. The number of amides is 1. The molecule has 1 aromatic rings. The van der Waals surface area contributed by atoms with Crippen LogP contribution in [0.2, 0.25) is 0 Å². The molecule has 0 saturated carbocycles. The zero-order chi connectivity index (χ0) is 21.4. The average molecular weight is 403 g/mol. The molecule has 1 N–H and O–H groups in total. The molecular formula is C22H29NO6. The van der Waals surface area contributed by atoms with Crippen LogP contribution in [0.1, 0.15) is 61.0 Å². The molecule has 7 nitrogen and oxygen atoms in total. The molecule has 158 valence electrons. The van der Waals surface area contributed by atoms with Gasteiger partial charge in [0.15, 0.2) is 12.4 Å². The van der Waals surface area contributed by atoms with Gasteiger partial charge in [0, 0.05) is 12.0 Å². The van der Waals surface area contributed by atoms with Gasteiger partial charge in [-0.3, -0.25) is 14.4 Å². The van der Waals surface area contributed by atoms with Crippen LogP contribution in [0, 0.1) is 5.92 Å². The van der Waals surface area contributed by atoms with Gasteiger partial charge in [0.1, 0.15) is 6.04 Å². The van der Waals surface area contributed by atoms with E-state index in [1.54, 1.807) is 6.07 Å². The van der Waals surface area contributed by atoms with E-state index in [4.69, 9.17) is 9.47 Å². The van der Waals surface area contributed by atoms with Crippen molar-refractivity contribution in [2.75, 3.05) is 13.7 Å². The molecule has 0 aromatic heterocycles. The van der Waals surface area contributed by atoms with E-state index in [0.29, 0.717) is 12.0 Å². The second kappa shape index (κ2) is 10.7. The summed E-state index contributed by atoms with van der Waals surface area (Å²) in [5, 5.41) is 2.53. The molecule has 7 heteroatoms. The number of ketones is 1. The van der Waals surface area contributed by atoms with Gasteiger partial charge >= 0.3 is 11.9 Å². The molecule has 29 heavy (non-hydrogen) atoms. The summed E-state index contributed by atoms with van der Waals surface area (Å²) in [7, 11) is 1.25. The minimum atomic E-state index is -0.794. The molecule has 0 bridgehead atoms. The molecule has 0 spiro atoms. The number of rotatable bonds is 10. The molecule has 0 aliphatic heterocycles. The van der Waals surface area contributed by atoms with E-state index in [0.717, 1.165) is 19.3 Å². The summed E-state index contributed by atoms with van der Waals surface area (Å²) in [6.45, 7) is 3.21. The fourth-order valence-corrected chi connectivity index (χ4v) is 3.33. The number of methoxy groups -OCH3 is 1. The number of nitrogens with one attached hydrogen (secondary N) is 1. The minimum Gasteiger partial charge on any atom is -0.467 e. The summed E-state index contributed by atoms with van der Waals surface area (Å²) in [5.74, 6) is -2.00. The summed E-state index contributed by atoms with van der Waals surface area (Å²) in [6, 6.07) is 4.89. The van der Waals surface area contributed by atoms with Crippen LogP contribution >= 0.6 is 0 Å². The lowest BCUT2D eigenvalue weighted by Gasteiger charge is -2.21. The lowest BCUT2D eigenvalue weighted by molar-refractivity contribution is -0.151. The fourth-order valence-electron chi connectivity index (χ4n) is 3.33. The number of aryl methyl sites for hydroxylation is 2. The van der Waals surface area contributed by atoms with Crippen LogP contribution in [-0.2, 0) is 36.7 Å². The molecule has 1 aliphatic rings. The molecule has 2 rings (SSSR count). The topological polar surface area (TPSA) is 98.8 Å². The second-order valence-corrected chi connectivity index (χ2v) is 7.37. The van der Waals surface area contributed by atoms with Gasteiger partial charge in [0.2, 0.25) is 0 Å². The first-order valence-corrected chi connectivity index (χ1v) is 10.0. The number of benzene rings is 1. The van der Waals surface area contributed by atoms with E-state index < -0.39 is 30.5 Å². The van der Waals surface area contributed by atoms with Crippen molar-refractivity contribution in [3.63, 3.8) is 0 Å². The third-order valence-electron chi connectivity index (χ3n) is 5.33. The lowest BCUT2D eigenvalue weighted by atomic mass is 9.99. The lowest BCUT2D eigenvalue weighted by Crippen LogP contribution is -2.47. The number of esters is 2. The van der Waals surface area contributed by atoms with Gasteiger partial charge in [-0.05, 0) is 42.4 Å². The van der Waals surface area contributed by atoms with Crippen molar-refractivity contribution >= 4 is 23.6 Å². The standard InChI is InChI=1S/C22H29NO6/c1-4-14(2)21(22(27)28-3)23-19(25)13-29-20(26)11-10-18(24)17-9-8-15-6-5-7-16(15)12-17/h8-9,12,14,21H,4-7,10-11,13H2,1-3H3,(H,23,25)/t14-,21-/m0/s1. The first-order chi connectivity index (χ1) is 13.8. The zero-order valence-electron chi connectivity index (χ0n) is 17.3. The number of carbonyl (C=O) groups excluding carboxylic acids is 4. The second-order valence-electron chi connectivity index (χ2n) is 7.37. The van der Waals surface area contributed by atoms with Crippen LogP contribution < -0.4 is 5.32 Å². The van der Waals surface area contributed by atoms with E-state index >= 15 is 0 Å². The highest BCUT2D eigenvalue weighted by Gasteiger charge is 2.27. The predicted molar refractivity (Wildman–Crippen MR) is 106 cm³/mol. The van der Waals surface area contributed by atoms with E-state index in [1.807, 2.05) is 26.0 Å². The van der Waals surface area contributed by atoms with Gasteiger partial charge in [0.25, 0.3) is 5.91 Å². The summed E-state index contributed by atoms with van der Waals surface area (Å²) in [4.78, 5) is 48.0. The molecule has 0 radical (unpaired) electrons. The Morgan fingerprint density at radius 1 is 1.10 bits per heavy atom. The Morgan fingerprint density at radius 3 is 2.52 bits per heavy atom. The Balaban J connectivity index is 1.76. The predicted octanol–water partition coefficient (Wildman–Crippen LogP) is 2.39. The van der Waals surface area contributed by atoms with Crippen molar-refractivity contribution in [2.24, 2.45) is 5.92 Å². The Labute approximate surface area is 171 Å². The summed E-state index contributed by atoms with van der Waals surface area (Å²) in [5.41, 5.74) is 3.09. The maximum atomic E-state index is 12.3. The molecule has 2 atom stereocenters. The summed E-state index contributed by atoms with van der Waals surface area (Å²) < 4.78 is 9.63. The third kappa shape index (κ3) is 6.41. The van der Waals surface area contributed by atoms with Crippen LogP contribution in [-0.4, -0.2) is 43.4 Å². The normalized spacial score (nSPS) is 14.4. The molecule has 1 aliphatic carbocycles. The summed E-state index contributed by atoms with van der Waals surface area (Å²) >= 11 is 0. The van der Waals surface area contributed by atoms with Crippen molar-refractivity contribution in [2.45, 2.75) is 58.4 Å². The number of hydrogen-bond donors (Lipinski definition) is 1. The van der Waals surface area contributed by atoms with Gasteiger partial charge in [0.05, 0.1) is 13.5 Å². The Bertz CT molecular complexity index is 773. The number of hydrogen-bond acceptors (Lipinski definition) is 6. The number of ether oxygens (including phenoxy) is 2. The molecule has 0 fully saturated rings. The average Bonchev–Trinajstić information content (AvgIpc) is 3.21. The summed E-state index contributed by atoms with van der Waals surface area (Å²) in [6.07, 6.45) is 3.73. The van der Waals surface area contributed by atoms with Gasteiger partial charge in [-0.25, -0.2) is 4.79 Å². The van der Waals surface area contributed by atoms with Crippen LogP contribution in [0.3, 0.4) is 0 Å². The molecule has 0 heterocycles. The monoisotopic (exact) mass is 403 g/mol. The quantitative estimate of drug-likeness (QED) is 0.476. The highest BCUT2D eigenvalue weighted by atomic mass is 16.5. The zero-order valence-corrected chi connectivity index (χ0v) is 17.3. The van der Waals surface area contributed by atoms with Crippen molar-refractivity contribution in [1.82, 2.24) is 5.32 Å². The highest BCUT2D eigenvalue weighted by molar-refractivity contribution is 5.98. The van der Waals surface area contributed by atoms with Crippen LogP contribution in [0.15, 0.2) is 18.2 Å². The van der Waals surface area contributed by atoms with Crippen molar-refractivity contribution < 1.29 is 28.7 Å². The Morgan fingerprint density at radius 2 is 1.83 bits per heavy atom. The largest absolute Gasteiger partial charge is 0.467 e. The maximum absolute atomic E-state index is 12.3. The van der Waals surface area contributed by atoms with Crippen LogP contribution in [0.5, 0.6) is 0 Å². The SMILES string of the molecule is CC[C@H](C)[C@H](NC(=O)COC(=O)CCC(=O)c1ccc2c(c1)CCC2)C(=O)OC. The van der Waals surface area contributed by atoms with E-state index in [1.165, 1.54) is 18.2 Å².